The molecular weight excluding hydrogens is 274 g/mol. The van der Waals surface area contributed by atoms with Crippen molar-refractivity contribution in [3.8, 4) is 11.5 Å². The zero-order valence-corrected chi connectivity index (χ0v) is 12.0. The van der Waals surface area contributed by atoms with Crippen LogP contribution in [-0.4, -0.2) is 24.3 Å². The standard InChI is InChI=1S/C14H15N3O2S/c1-18-12-7-11(8-13(9-12)19-2)17-14(20)16-10-3-5-15-6-4-10/h3-9H,1-2H3,(H2,15,16,17,20). The molecule has 1 aromatic carbocycles. The second kappa shape index (κ2) is 6.72. The summed E-state index contributed by atoms with van der Waals surface area (Å²) < 4.78 is 10.4. The third kappa shape index (κ3) is 3.83. The van der Waals surface area contributed by atoms with E-state index in [2.05, 4.69) is 15.6 Å². The van der Waals surface area contributed by atoms with Crippen molar-refractivity contribution in [3.05, 3.63) is 42.7 Å². The number of thiocarbonyl (C=S) groups is 1. The Labute approximate surface area is 122 Å². The Hall–Kier alpha value is -2.34. The zero-order valence-electron chi connectivity index (χ0n) is 11.2. The highest BCUT2D eigenvalue weighted by Crippen LogP contribution is 2.25. The number of nitrogens with one attached hydrogen (secondary N) is 2. The van der Waals surface area contributed by atoms with Gasteiger partial charge >= 0.3 is 0 Å². The molecule has 0 spiro atoms. The van der Waals surface area contributed by atoms with Crippen LogP contribution in [0.5, 0.6) is 11.5 Å². The lowest BCUT2D eigenvalue weighted by atomic mass is 10.3. The van der Waals surface area contributed by atoms with Crippen molar-refractivity contribution >= 4 is 28.7 Å². The largest absolute Gasteiger partial charge is 0.497 e. The average molecular weight is 289 g/mol. The smallest absolute Gasteiger partial charge is 0.175 e. The van der Waals surface area contributed by atoms with Gasteiger partial charge in [0.15, 0.2) is 5.11 Å². The van der Waals surface area contributed by atoms with E-state index >= 15 is 0 Å². The molecule has 0 unspecified atom stereocenters. The molecule has 0 amide bonds. The van der Waals surface area contributed by atoms with E-state index in [4.69, 9.17) is 21.7 Å². The van der Waals surface area contributed by atoms with Gasteiger partial charge in [-0.25, -0.2) is 0 Å². The van der Waals surface area contributed by atoms with Crippen molar-refractivity contribution in [3.63, 3.8) is 0 Å². The number of nitrogens with zero attached hydrogens (tertiary/aromatic N) is 1. The highest BCUT2D eigenvalue weighted by atomic mass is 32.1. The normalized spacial score (nSPS) is 9.70. The Balaban J connectivity index is 2.07. The van der Waals surface area contributed by atoms with Crippen LogP contribution in [0.25, 0.3) is 0 Å². The predicted molar refractivity (Wildman–Crippen MR) is 83.6 cm³/mol. The minimum Gasteiger partial charge on any atom is -0.497 e. The number of pyridine rings is 1. The minimum atomic E-state index is 0.478. The van der Waals surface area contributed by atoms with Gasteiger partial charge in [-0.3, -0.25) is 4.98 Å². The molecule has 5 nitrogen and oxygen atoms in total. The van der Waals surface area contributed by atoms with Crippen LogP contribution in [0.15, 0.2) is 42.7 Å². The number of hydrogen-bond acceptors (Lipinski definition) is 4. The molecule has 2 N–H and O–H groups in total. The Bertz CT molecular complexity index is 568. The molecule has 104 valence electrons. The van der Waals surface area contributed by atoms with Gasteiger partial charge in [0.1, 0.15) is 11.5 Å². The van der Waals surface area contributed by atoms with E-state index < -0.39 is 0 Å². The Kier molecular flexibility index (Phi) is 4.73. The second-order valence-corrected chi connectivity index (χ2v) is 4.32. The summed E-state index contributed by atoms with van der Waals surface area (Å²) in [6.07, 6.45) is 3.39. The number of aromatic nitrogens is 1. The summed E-state index contributed by atoms with van der Waals surface area (Å²) in [5.74, 6) is 1.39. The molecule has 0 bridgehead atoms. The maximum Gasteiger partial charge on any atom is 0.175 e. The molecule has 0 radical (unpaired) electrons. The van der Waals surface area contributed by atoms with Gasteiger partial charge in [0.2, 0.25) is 0 Å². The van der Waals surface area contributed by atoms with Crippen LogP contribution >= 0.6 is 12.2 Å². The molecule has 0 aliphatic carbocycles. The molecule has 6 heteroatoms. The zero-order chi connectivity index (χ0) is 14.4. The van der Waals surface area contributed by atoms with E-state index in [1.807, 2.05) is 24.3 Å². The molecule has 1 heterocycles. The lowest BCUT2D eigenvalue weighted by Gasteiger charge is -2.12. The molecule has 0 aliphatic rings. The van der Waals surface area contributed by atoms with Crippen molar-refractivity contribution in [2.75, 3.05) is 24.9 Å². The first-order valence-corrected chi connectivity index (χ1v) is 6.33. The van der Waals surface area contributed by atoms with Gasteiger partial charge in [-0.15, -0.1) is 0 Å². The molecule has 0 atom stereocenters. The van der Waals surface area contributed by atoms with Gasteiger partial charge in [-0.05, 0) is 24.4 Å². The number of methoxy groups -OCH3 is 2. The van der Waals surface area contributed by atoms with Crippen LogP contribution in [0, 0.1) is 0 Å². The van der Waals surface area contributed by atoms with Crippen molar-refractivity contribution < 1.29 is 9.47 Å². The molecule has 2 aromatic rings. The van der Waals surface area contributed by atoms with E-state index in [0.717, 1.165) is 11.4 Å². The van der Waals surface area contributed by atoms with Gasteiger partial charge in [0.05, 0.1) is 14.2 Å². The van der Waals surface area contributed by atoms with Crippen molar-refractivity contribution in [1.29, 1.82) is 0 Å². The van der Waals surface area contributed by atoms with Gasteiger partial charge in [0, 0.05) is 42.0 Å². The third-order valence-electron chi connectivity index (χ3n) is 2.55. The summed E-state index contributed by atoms with van der Waals surface area (Å²) >= 11 is 5.25. The van der Waals surface area contributed by atoms with Crippen LogP contribution in [0.4, 0.5) is 11.4 Å². The van der Waals surface area contributed by atoms with Gasteiger partial charge in [-0.1, -0.05) is 0 Å². The van der Waals surface area contributed by atoms with Crippen molar-refractivity contribution in [1.82, 2.24) is 4.98 Å². The van der Waals surface area contributed by atoms with Crippen LogP contribution in [0.2, 0.25) is 0 Å². The summed E-state index contributed by atoms with van der Waals surface area (Å²) in [7, 11) is 3.21. The van der Waals surface area contributed by atoms with Crippen LogP contribution in [0.3, 0.4) is 0 Å². The van der Waals surface area contributed by atoms with E-state index in [1.165, 1.54) is 0 Å². The van der Waals surface area contributed by atoms with Gasteiger partial charge in [-0.2, -0.15) is 0 Å². The first-order valence-electron chi connectivity index (χ1n) is 5.92. The first-order chi connectivity index (χ1) is 9.71. The topological polar surface area (TPSA) is 55.4 Å². The van der Waals surface area contributed by atoms with Gasteiger partial charge < -0.3 is 20.1 Å². The molecule has 0 saturated heterocycles. The number of hydrogen-bond donors (Lipinski definition) is 2. The minimum absolute atomic E-state index is 0.478. The molecular formula is C14H15N3O2S. The number of rotatable bonds is 4. The van der Waals surface area contributed by atoms with E-state index in [-0.39, 0.29) is 0 Å². The average Bonchev–Trinajstić information content (AvgIpc) is 2.47. The van der Waals surface area contributed by atoms with E-state index in [0.29, 0.717) is 16.6 Å². The summed E-state index contributed by atoms with van der Waals surface area (Å²) in [4.78, 5) is 3.95. The lowest BCUT2D eigenvalue weighted by molar-refractivity contribution is 0.395. The number of benzene rings is 1. The fraction of sp³-hybridized carbons (Fsp3) is 0.143. The molecule has 20 heavy (non-hydrogen) atoms. The highest BCUT2D eigenvalue weighted by molar-refractivity contribution is 7.80. The maximum atomic E-state index is 5.25. The monoisotopic (exact) mass is 289 g/mol. The Morgan fingerprint density at radius 1 is 0.950 bits per heavy atom. The van der Waals surface area contributed by atoms with Crippen LogP contribution in [0.1, 0.15) is 0 Å². The highest BCUT2D eigenvalue weighted by Gasteiger charge is 2.04. The maximum absolute atomic E-state index is 5.25. The molecule has 1 aromatic heterocycles. The van der Waals surface area contributed by atoms with Crippen LogP contribution in [-0.2, 0) is 0 Å². The predicted octanol–water partition coefficient (Wildman–Crippen LogP) is 2.91. The summed E-state index contributed by atoms with van der Waals surface area (Å²) in [6.45, 7) is 0. The van der Waals surface area contributed by atoms with E-state index in [1.54, 1.807) is 32.7 Å². The van der Waals surface area contributed by atoms with Crippen molar-refractivity contribution in [2.45, 2.75) is 0 Å². The first kappa shape index (κ1) is 14.1. The third-order valence-corrected chi connectivity index (χ3v) is 2.75. The fourth-order valence-electron chi connectivity index (χ4n) is 1.61. The Morgan fingerprint density at radius 2 is 1.50 bits per heavy atom. The lowest BCUT2D eigenvalue weighted by Crippen LogP contribution is -2.19. The molecule has 0 aliphatic heterocycles. The van der Waals surface area contributed by atoms with Crippen LogP contribution < -0.4 is 20.1 Å². The molecule has 0 saturated carbocycles. The molecule has 0 fully saturated rings. The SMILES string of the molecule is COc1cc(NC(=S)Nc2ccncc2)cc(OC)c1. The summed E-state index contributed by atoms with van der Waals surface area (Å²) in [5.41, 5.74) is 1.65. The van der Waals surface area contributed by atoms with E-state index in [9.17, 15) is 0 Å². The molecule has 2 rings (SSSR count). The fourth-order valence-corrected chi connectivity index (χ4v) is 1.84. The number of anilines is 2. The Morgan fingerprint density at radius 3 is 2.05 bits per heavy atom. The van der Waals surface area contributed by atoms with Crippen molar-refractivity contribution in [2.24, 2.45) is 0 Å². The second-order valence-electron chi connectivity index (χ2n) is 3.92. The quantitative estimate of drug-likeness (QED) is 0.844. The van der Waals surface area contributed by atoms with Gasteiger partial charge in [0.25, 0.3) is 0 Å². The summed E-state index contributed by atoms with van der Waals surface area (Å²) in [5, 5.41) is 6.62. The summed E-state index contributed by atoms with van der Waals surface area (Å²) in [6, 6.07) is 9.14. The number of ether oxygens (including phenoxy) is 2.